The second-order valence-corrected chi connectivity index (χ2v) is 6.14. The first kappa shape index (κ1) is 14.8. The summed E-state index contributed by atoms with van der Waals surface area (Å²) >= 11 is 1.27. The Labute approximate surface area is 141 Å². The molecule has 0 aliphatic heterocycles. The van der Waals surface area contributed by atoms with Crippen LogP contribution in [-0.4, -0.2) is 26.6 Å². The average molecular weight is 338 g/mol. The van der Waals surface area contributed by atoms with Crippen molar-refractivity contribution in [2.45, 2.75) is 11.8 Å². The first-order valence-corrected chi connectivity index (χ1v) is 8.45. The van der Waals surface area contributed by atoms with Gasteiger partial charge in [0.05, 0.1) is 23.3 Å². The summed E-state index contributed by atoms with van der Waals surface area (Å²) in [7, 11) is 0. The Kier molecular flexibility index (Phi) is 3.92. The molecule has 2 N–H and O–H groups in total. The second-order valence-electron chi connectivity index (χ2n) is 5.21. The number of amides is 1. The molecule has 0 radical (unpaired) electrons. The van der Waals surface area contributed by atoms with Crippen molar-refractivity contribution in [3.63, 3.8) is 0 Å². The number of carbonyl (C=O) groups is 1. The van der Waals surface area contributed by atoms with Gasteiger partial charge in [-0.3, -0.25) is 4.79 Å². The number of H-pyrrole nitrogens is 1. The van der Waals surface area contributed by atoms with E-state index in [2.05, 4.69) is 20.3 Å². The number of hydrogen-bond donors (Lipinski definition) is 2. The minimum atomic E-state index is -0.0947. The maximum Gasteiger partial charge on any atom is 0.257 e. The summed E-state index contributed by atoms with van der Waals surface area (Å²) in [5.41, 5.74) is 3.37. The molecule has 2 aromatic heterocycles. The number of thioether (sulfide) groups is 1. The van der Waals surface area contributed by atoms with Crippen molar-refractivity contribution in [1.29, 1.82) is 0 Å². The summed E-state index contributed by atoms with van der Waals surface area (Å²) in [6, 6.07) is 15.3. The number of aromatic nitrogens is 3. The maximum atomic E-state index is 12.0. The number of fused-ring (bicyclic) bond motifs is 2. The fourth-order valence-electron chi connectivity index (χ4n) is 2.36. The monoisotopic (exact) mass is 338 g/mol. The van der Waals surface area contributed by atoms with Crippen LogP contribution in [-0.2, 0) is 11.3 Å². The number of oxazole rings is 1. The highest BCUT2D eigenvalue weighted by atomic mass is 32.2. The van der Waals surface area contributed by atoms with Crippen molar-refractivity contribution in [2.24, 2.45) is 0 Å². The zero-order valence-electron chi connectivity index (χ0n) is 12.7. The number of benzene rings is 2. The molecule has 0 spiro atoms. The molecule has 4 aromatic rings. The Morgan fingerprint density at radius 2 is 1.88 bits per heavy atom. The molecule has 7 heteroatoms. The summed E-state index contributed by atoms with van der Waals surface area (Å²) < 4.78 is 5.57. The molecule has 0 unspecified atom stereocenters. The smallest absolute Gasteiger partial charge is 0.257 e. The summed E-state index contributed by atoms with van der Waals surface area (Å²) in [6.07, 6.45) is 0. The number of imidazole rings is 1. The Balaban J connectivity index is 1.33. The van der Waals surface area contributed by atoms with Gasteiger partial charge in [-0.25, -0.2) is 9.97 Å². The molecular weight excluding hydrogens is 324 g/mol. The van der Waals surface area contributed by atoms with Crippen LogP contribution in [0.2, 0.25) is 0 Å². The van der Waals surface area contributed by atoms with Crippen molar-refractivity contribution < 1.29 is 9.21 Å². The lowest BCUT2D eigenvalue weighted by Gasteiger charge is -2.01. The minimum absolute atomic E-state index is 0.0947. The molecule has 0 aliphatic carbocycles. The first-order chi connectivity index (χ1) is 11.8. The predicted molar refractivity (Wildman–Crippen MR) is 92.7 cm³/mol. The molecule has 120 valence electrons. The number of rotatable bonds is 5. The molecule has 1 amide bonds. The summed E-state index contributed by atoms with van der Waals surface area (Å²) in [5, 5.41) is 3.34. The van der Waals surface area contributed by atoms with Crippen molar-refractivity contribution in [3.8, 4) is 0 Å². The number of nitrogens with one attached hydrogen (secondary N) is 2. The zero-order chi connectivity index (χ0) is 16.4. The fraction of sp³-hybridized carbons (Fsp3) is 0.118. The van der Waals surface area contributed by atoms with Crippen LogP contribution in [0.1, 0.15) is 5.82 Å². The molecule has 0 saturated carbocycles. The van der Waals surface area contributed by atoms with Crippen LogP contribution in [0.15, 0.2) is 58.2 Å². The molecular formula is C17H14N4O2S. The van der Waals surface area contributed by atoms with Crippen LogP contribution < -0.4 is 5.32 Å². The van der Waals surface area contributed by atoms with E-state index in [1.165, 1.54) is 11.8 Å². The predicted octanol–water partition coefficient (Wildman–Crippen LogP) is 3.11. The molecule has 0 fully saturated rings. The van der Waals surface area contributed by atoms with E-state index in [1.54, 1.807) is 0 Å². The summed E-state index contributed by atoms with van der Waals surface area (Å²) in [6.45, 7) is 0.363. The first-order valence-electron chi connectivity index (χ1n) is 7.46. The van der Waals surface area contributed by atoms with E-state index in [0.717, 1.165) is 28.0 Å². The van der Waals surface area contributed by atoms with Gasteiger partial charge in [0.2, 0.25) is 5.91 Å². The van der Waals surface area contributed by atoms with Crippen molar-refractivity contribution in [1.82, 2.24) is 20.3 Å². The van der Waals surface area contributed by atoms with Crippen LogP contribution in [0.25, 0.3) is 22.1 Å². The number of hydrogen-bond acceptors (Lipinski definition) is 5. The molecule has 2 heterocycles. The molecule has 2 aromatic carbocycles. The quantitative estimate of drug-likeness (QED) is 0.546. The minimum Gasteiger partial charge on any atom is -0.431 e. The number of para-hydroxylation sites is 4. The number of carbonyl (C=O) groups excluding carboxylic acids is 1. The van der Waals surface area contributed by atoms with Crippen molar-refractivity contribution in [3.05, 3.63) is 54.4 Å². The van der Waals surface area contributed by atoms with Gasteiger partial charge in [0.25, 0.3) is 5.22 Å². The number of nitrogens with zero attached hydrogens (tertiary/aromatic N) is 2. The Morgan fingerprint density at radius 1 is 1.08 bits per heavy atom. The summed E-state index contributed by atoms with van der Waals surface area (Å²) in [4.78, 5) is 23.9. The lowest BCUT2D eigenvalue weighted by Crippen LogP contribution is -2.25. The van der Waals surface area contributed by atoms with E-state index in [9.17, 15) is 4.79 Å². The van der Waals surface area contributed by atoms with E-state index in [-0.39, 0.29) is 11.7 Å². The van der Waals surface area contributed by atoms with Crippen molar-refractivity contribution >= 4 is 39.8 Å². The van der Waals surface area contributed by atoms with Crippen LogP contribution in [0.3, 0.4) is 0 Å². The van der Waals surface area contributed by atoms with E-state index in [4.69, 9.17) is 4.42 Å². The van der Waals surface area contributed by atoms with Gasteiger partial charge in [-0.15, -0.1) is 0 Å². The van der Waals surface area contributed by atoms with E-state index < -0.39 is 0 Å². The average Bonchev–Trinajstić information content (AvgIpc) is 3.21. The third-order valence-corrected chi connectivity index (χ3v) is 4.32. The van der Waals surface area contributed by atoms with Crippen LogP contribution in [0.4, 0.5) is 0 Å². The van der Waals surface area contributed by atoms with Crippen molar-refractivity contribution in [2.75, 3.05) is 5.75 Å². The normalized spacial score (nSPS) is 11.2. The molecule has 6 nitrogen and oxygen atoms in total. The largest absolute Gasteiger partial charge is 0.431 e. The molecule has 0 saturated heterocycles. The highest BCUT2D eigenvalue weighted by Gasteiger charge is 2.10. The van der Waals surface area contributed by atoms with E-state index in [1.807, 2.05) is 48.5 Å². The molecule has 0 bridgehead atoms. The van der Waals surface area contributed by atoms with Gasteiger partial charge in [0, 0.05) is 0 Å². The van der Waals surface area contributed by atoms with Gasteiger partial charge in [-0.1, -0.05) is 36.0 Å². The number of aromatic amines is 1. The molecule has 4 rings (SSSR count). The standard InChI is InChI=1S/C17H14N4O2S/c22-16(10-24-17-21-13-7-3-4-8-14(13)23-17)18-9-15-19-11-5-1-2-6-12(11)20-15/h1-8H,9-10H2,(H,18,22)(H,19,20). The Hall–Kier alpha value is -2.80. The van der Waals surface area contributed by atoms with E-state index >= 15 is 0 Å². The third-order valence-electron chi connectivity index (χ3n) is 3.49. The SMILES string of the molecule is O=C(CSc1nc2ccccc2o1)NCc1nc2ccccc2[nH]1. The van der Waals surface area contributed by atoms with Gasteiger partial charge in [-0.2, -0.15) is 0 Å². The highest BCUT2D eigenvalue weighted by Crippen LogP contribution is 2.22. The Morgan fingerprint density at radius 3 is 2.71 bits per heavy atom. The highest BCUT2D eigenvalue weighted by molar-refractivity contribution is 7.99. The van der Waals surface area contributed by atoms with Crippen LogP contribution in [0.5, 0.6) is 0 Å². The van der Waals surface area contributed by atoms with E-state index in [0.29, 0.717) is 11.8 Å². The lowest BCUT2D eigenvalue weighted by molar-refractivity contribution is -0.118. The van der Waals surface area contributed by atoms with Gasteiger partial charge in [-0.05, 0) is 24.3 Å². The third kappa shape index (κ3) is 3.11. The molecule has 0 atom stereocenters. The second kappa shape index (κ2) is 6.37. The van der Waals surface area contributed by atoms with Gasteiger partial charge in [0.1, 0.15) is 11.3 Å². The van der Waals surface area contributed by atoms with Gasteiger partial charge < -0.3 is 14.7 Å². The zero-order valence-corrected chi connectivity index (χ0v) is 13.5. The van der Waals surface area contributed by atoms with Crippen LogP contribution >= 0.6 is 11.8 Å². The van der Waals surface area contributed by atoms with Crippen LogP contribution in [0, 0.1) is 0 Å². The van der Waals surface area contributed by atoms with Gasteiger partial charge >= 0.3 is 0 Å². The topological polar surface area (TPSA) is 83.8 Å². The maximum absolute atomic E-state index is 12.0. The Bertz CT molecular complexity index is 862. The fourth-order valence-corrected chi connectivity index (χ4v) is 3.03. The lowest BCUT2D eigenvalue weighted by atomic mass is 10.3. The molecule has 24 heavy (non-hydrogen) atoms. The molecule has 0 aliphatic rings. The van der Waals surface area contributed by atoms with Gasteiger partial charge in [0.15, 0.2) is 5.58 Å². The summed E-state index contributed by atoms with van der Waals surface area (Å²) in [5.74, 6) is 0.881.